The van der Waals surface area contributed by atoms with Crippen LogP contribution in [0, 0.1) is 5.92 Å². The Morgan fingerprint density at radius 2 is 2.04 bits per heavy atom. The van der Waals surface area contributed by atoms with Crippen LogP contribution in [0.5, 0.6) is 0 Å². The zero-order valence-corrected chi connectivity index (χ0v) is 14.8. The number of hydrogen-bond acceptors (Lipinski definition) is 3. The van der Waals surface area contributed by atoms with Crippen molar-refractivity contribution in [2.45, 2.75) is 38.4 Å². The highest BCUT2D eigenvalue weighted by atomic mass is 16.2. The molecular formula is C20H24N4O2. The van der Waals surface area contributed by atoms with Gasteiger partial charge in [-0.1, -0.05) is 30.3 Å². The van der Waals surface area contributed by atoms with E-state index in [9.17, 15) is 9.59 Å². The summed E-state index contributed by atoms with van der Waals surface area (Å²) in [6.07, 6.45) is 7.68. The molecule has 2 fully saturated rings. The van der Waals surface area contributed by atoms with E-state index in [0.717, 1.165) is 24.9 Å². The maximum atomic E-state index is 12.7. The number of imidazole rings is 1. The van der Waals surface area contributed by atoms with Gasteiger partial charge in [-0.3, -0.25) is 9.59 Å². The van der Waals surface area contributed by atoms with Gasteiger partial charge in [0, 0.05) is 38.4 Å². The van der Waals surface area contributed by atoms with Crippen LogP contribution >= 0.6 is 0 Å². The SMILES string of the molecule is O=C(Cn1ccnc1)N1C[C@H]2CCCC(=O)N(Cc3ccccc3)[C@H]2C1. The maximum Gasteiger partial charge on any atom is 0.242 e. The molecule has 0 spiro atoms. The van der Waals surface area contributed by atoms with Crippen molar-refractivity contribution in [3.63, 3.8) is 0 Å². The summed E-state index contributed by atoms with van der Waals surface area (Å²) in [6.45, 7) is 2.32. The number of rotatable bonds is 4. The monoisotopic (exact) mass is 352 g/mol. The third kappa shape index (κ3) is 3.49. The summed E-state index contributed by atoms with van der Waals surface area (Å²) in [5.41, 5.74) is 1.14. The lowest BCUT2D eigenvalue weighted by Gasteiger charge is -2.30. The van der Waals surface area contributed by atoms with Crippen LogP contribution in [0.15, 0.2) is 49.1 Å². The van der Waals surface area contributed by atoms with Crippen molar-refractivity contribution in [3.8, 4) is 0 Å². The lowest BCUT2D eigenvalue weighted by Crippen LogP contribution is -2.43. The topological polar surface area (TPSA) is 58.4 Å². The maximum absolute atomic E-state index is 12.7. The van der Waals surface area contributed by atoms with Crippen LogP contribution in [0.3, 0.4) is 0 Å². The molecule has 0 radical (unpaired) electrons. The summed E-state index contributed by atoms with van der Waals surface area (Å²) in [6, 6.07) is 10.2. The quantitative estimate of drug-likeness (QED) is 0.845. The molecule has 3 heterocycles. The van der Waals surface area contributed by atoms with E-state index in [0.29, 0.717) is 32.0 Å². The van der Waals surface area contributed by atoms with Gasteiger partial charge >= 0.3 is 0 Å². The first-order valence-electron chi connectivity index (χ1n) is 9.27. The van der Waals surface area contributed by atoms with E-state index in [1.54, 1.807) is 23.3 Å². The molecule has 6 nitrogen and oxygen atoms in total. The third-order valence-corrected chi connectivity index (χ3v) is 5.52. The molecule has 0 saturated carbocycles. The van der Waals surface area contributed by atoms with Gasteiger partial charge in [-0.2, -0.15) is 0 Å². The Kier molecular flexibility index (Phi) is 4.73. The minimum Gasteiger partial charge on any atom is -0.339 e. The minimum absolute atomic E-state index is 0.100. The summed E-state index contributed by atoms with van der Waals surface area (Å²) >= 11 is 0. The molecule has 4 rings (SSSR count). The van der Waals surface area contributed by atoms with Gasteiger partial charge in [0.25, 0.3) is 0 Å². The van der Waals surface area contributed by atoms with E-state index in [1.165, 1.54) is 0 Å². The standard InChI is InChI=1S/C20H24N4O2/c25-19-8-4-7-17-12-23(20(26)14-22-10-9-21-15-22)13-18(17)24(19)11-16-5-2-1-3-6-16/h1-3,5-6,9-10,15,17-18H,4,7-8,11-14H2/t17-,18+/m1/s1. The van der Waals surface area contributed by atoms with Crippen LogP contribution in [-0.4, -0.2) is 50.3 Å². The van der Waals surface area contributed by atoms with Crippen LogP contribution in [0.1, 0.15) is 24.8 Å². The number of carbonyl (C=O) groups excluding carboxylic acids is 2. The van der Waals surface area contributed by atoms with Crippen molar-refractivity contribution < 1.29 is 9.59 Å². The van der Waals surface area contributed by atoms with Crippen molar-refractivity contribution >= 4 is 11.8 Å². The summed E-state index contributed by atoms with van der Waals surface area (Å²) in [5.74, 6) is 0.686. The number of nitrogens with zero attached hydrogens (tertiary/aromatic N) is 4. The summed E-state index contributed by atoms with van der Waals surface area (Å²) < 4.78 is 1.80. The fourth-order valence-electron chi connectivity index (χ4n) is 4.16. The van der Waals surface area contributed by atoms with Gasteiger partial charge < -0.3 is 14.4 Å². The molecule has 0 aliphatic carbocycles. The second-order valence-electron chi connectivity index (χ2n) is 7.26. The average molecular weight is 352 g/mol. The van der Waals surface area contributed by atoms with Gasteiger partial charge in [-0.15, -0.1) is 0 Å². The molecule has 0 unspecified atom stereocenters. The van der Waals surface area contributed by atoms with Gasteiger partial charge in [0.1, 0.15) is 6.54 Å². The second-order valence-corrected chi connectivity index (χ2v) is 7.26. The first-order chi connectivity index (χ1) is 12.7. The average Bonchev–Trinajstić information content (AvgIpc) is 3.28. The summed E-state index contributed by atoms with van der Waals surface area (Å²) in [7, 11) is 0. The molecule has 136 valence electrons. The van der Waals surface area contributed by atoms with Crippen LogP contribution in [0.25, 0.3) is 0 Å². The zero-order valence-electron chi connectivity index (χ0n) is 14.8. The molecule has 2 atom stereocenters. The van der Waals surface area contributed by atoms with E-state index >= 15 is 0 Å². The molecule has 0 N–H and O–H groups in total. The molecule has 2 aliphatic rings. The predicted molar refractivity (Wildman–Crippen MR) is 96.9 cm³/mol. The van der Waals surface area contributed by atoms with Crippen molar-refractivity contribution in [1.29, 1.82) is 0 Å². The van der Waals surface area contributed by atoms with Crippen LogP contribution in [0.4, 0.5) is 0 Å². The van der Waals surface area contributed by atoms with E-state index in [4.69, 9.17) is 0 Å². The van der Waals surface area contributed by atoms with Gasteiger partial charge in [0.15, 0.2) is 0 Å². The lowest BCUT2D eigenvalue weighted by atomic mass is 9.98. The normalized spacial score (nSPS) is 23.0. The first-order valence-corrected chi connectivity index (χ1v) is 9.27. The fourth-order valence-corrected chi connectivity index (χ4v) is 4.16. The Labute approximate surface area is 153 Å². The van der Waals surface area contributed by atoms with E-state index in [2.05, 4.69) is 17.1 Å². The van der Waals surface area contributed by atoms with E-state index in [1.807, 2.05) is 28.0 Å². The molecule has 6 heteroatoms. The lowest BCUT2D eigenvalue weighted by molar-refractivity contribution is -0.135. The highest BCUT2D eigenvalue weighted by Crippen LogP contribution is 2.31. The van der Waals surface area contributed by atoms with Gasteiger partial charge in [-0.05, 0) is 24.3 Å². The number of fused-ring (bicyclic) bond motifs is 1. The zero-order chi connectivity index (χ0) is 17.9. The number of likely N-dealkylation sites (tertiary alicyclic amines) is 2. The Balaban J connectivity index is 1.49. The number of carbonyl (C=O) groups is 2. The van der Waals surface area contributed by atoms with E-state index < -0.39 is 0 Å². The van der Waals surface area contributed by atoms with E-state index in [-0.39, 0.29) is 17.9 Å². The number of hydrogen-bond donors (Lipinski definition) is 0. The fraction of sp³-hybridized carbons (Fsp3) is 0.450. The van der Waals surface area contributed by atoms with Crippen molar-refractivity contribution in [1.82, 2.24) is 19.4 Å². The van der Waals surface area contributed by atoms with Crippen LogP contribution in [-0.2, 0) is 22.7 Å². The van der Waals surface area contributed by atoms with Gasteiger partial charge in [0.2, 0.25) is 11.8 Å². The molecule has 2 saturated heterocycles. The Hall–Kier alpha value is -2.63. The van der Waals surface area contributed by atoms with Gasteiger partial charge in [-0.25, -0.2) is 4.98 Å². The minimum atomic E-state index is 0.100. The molecule has 26 heavy (non-hydrogen) atoms. The molecule has 2 amide bonds. The Morgan fingerprint density at radius 3 is 2.81 bits per heavy atom. The highest BCUT2D eigenvalue weighted by Gasteiger charge is 2.41. The second kappa shape index (κ2) is 7.32. The molecule has 0 bridgehead atoms. The largest absolute Gasteiger partial charge is 0.339 e. The summed E-state index contributed by atoms with van der Waals surface area (Å²) in [4.78, 5) is 33.3. The van der Waals surface area contributed by atoms with Crippen LogP contribution in [0.2, 0.25) is 0 Å². The number of aromatic nitrogens is 2. The van der Waals surface area contributed by atoms with Gasteiger partial charge in [0.05, 0.1) is 12.4 Å². The molecule has 1 aromatic carbocycles. The van der Waals surface area contributed by atoms with Crippen molar-refractivity contribution in [3.05, 3.63) is 54.6 Å². The number of amides is 2. The highest BCUT2D eigenvalue weighted by molar-refractivity contribution is 5.78. The number of benzene rings is 1. The Morgan fingerprint density at radius 1 is 1.19 bits per heavy atom. The molecular weight excluding hydrogens is 328 g/mol. The smallest absolute Gasteiger partial charge is 0.242 e. The third-order valence-electron chi connectivity index (χ3n) is 5.52. The van der Waals surface area contributed by atoms with Crippen molar-refractivity contribution in [2.75, 3.05) is 13.1 Å². The molecule has 2 aromatic rings. The van der Waals surface area contributed by atoms with Crippen LogP contribution < -0.4 is 0 Å². The first kappa shape index (κ1) is 16.8. The summed E-state index contributed by atoms with van der Waals surface area (Å²) in [5, 5.41) is 0. The molecule has 2 aliphatic heterocycles. The Bertz CT molecular complexity index is 759. The predicted octanol–water partition coefficient (Wildman–Crippen LogP) is 1.92. The molecule has 1 aromatic heterocycles. The van der Waals surface area contributed by atoms with Crippen molar-refractivity contribution in [2.24, 2.45) is 5.92 Å².